The summed E-state index contributed by atoms with van der Waals surface area (Å²) >= 11 is 0. The van der Waals surface area contributed by atoms with Gasteiger partial charge in [0.1, 0.15) is 5.82 Å². The fourth-order valence-corrected chi connectivity index (χ4v) is 3.62. The van der Waals surface area contributed by atoms with Gasteiger partial charge in [0, 0.05) is 29.9 Å². The van der Waals surface area contributed by atoms with Crippen LogP contribution in [-0.4, -0.2) is 32.3 Å². The van der Waals surface area contributed by atoms with Crippen LogP contribution >= 0.6 is 0 Å². The number of aromatic nitrogens is 2. The minimum atomic E-state index is -1.01. The molecule has 0 spiro atoms. The van der Waals surface area contributed by atoms with Crippen LogP contribution in [0.2, 0.25) is 0 Å². The molecule has 1 aromatic heterocycles. The number of benzene rings is 2. The third kappa shape index (κ3) is 3.79. The van der Waals surface area contributed by atoms with E-state index in [2.05, 4.69) is 10.4 Å². The Morgan fingerprint density at radius 3 is 2.57 bits per heavy atom. The molecule has 1 amide bonds. The van der Waals surface area contributed by atoms with Gasteiger partial charge in [-0.2, -0.15) is 5.10 Å². The number of hydrogen-bond acceptors (Lipinski definition) is 5. The minimum Gasteiger partial charge on any atom is -0.387 e. The van der Waals surface area contributed by atoms with Gasteiger partial charge in [-0.3, -0.25) is 14.9 Å². The van der Waals surface area contributed by atoms with E-state index in [0.717, 1.165) is 30.5 Å². The summed E-state index contributed by atoms with van der Waals surface area (Å²) in [5.41, 5.74) is 3.16. The standard InChI is InChI=1S/C21H19FN4O4/c22-14-6-10-15(11-7-14)25-18-3-1-2-17(18)20(24-25)21(28)23-12-19(27)13-4-8-16(9-5-13)26(29)30/h4-11,19,27H,1-3,12H2,(H,23,28)/t19-/m0/s1. The van der Waals surface area contributed by atoms with Gasteiger partial charge in [0.2, 0.25) is 0 Å². The maximum Gasteiger partial charge on any atom is 0.272 e. The van der Waals surface area contributed by atoms with Gasteiger partial charge in [-0.25, -0.2) is 9.07 Å². The van der Waals surface area contributed by atoms with E-state index in [4.69, 9.17) is 0 Å². The molecule has 154 valence electrons. The molecule has 1 heterocycles. The zero-order chi connectivity index (χ0) is 21.3. The highest BCUT2D eigenvalue weighted by Gasteiger charge is 2.27. The Bertz CT molecular complexity index is 1090. The molecule has 1 atom stereocenters. The van der Waals surface area contributed by atoms with Crippen LogP contribution in [0.4, 0.5) is 10.1 Å². The molecule has 4 rings (SSSR count). The number of rotatable bonds is 6. The van der Waals surface area contributed by atoms with E-state index in [9.17, 15) is 24.4 Å². The highest BCUT2D eigenvalue weighted by atomic mass is 19.1. The number of hydrogen-bond donors (Lipinski definition) is 2. The number of halogens is 1. The maximum absolute atomic E-state index is 13.2. The van der Waals surface area contributed by atoms with Gasteiger partial charge >= 0.3 is 0 Å². The predicted octanol–water partition coefficient (Wildman–Crippen LogP) is 2.87. The molecule has 0 bridgehead atoms. The Morgan fingerprint density at radius 1 is 1.20 bits per heavy atom. The number of nitro benzene ring substituents is 1. The van der Waals surface area contributed by atoms with Gasteiger partial charge in [0.05, 0.1) is 16.7 Å². The summed E-state index contributed by atoms with van der Waals surface area (Å²) < 4.78 is 14.9. The molecule has 30 heavy (non-hydrogen) atoms. The van der Waals surface area contributed by atoms with E-state index in [1.165, 1.54) is 36.4 Å². The number of non-ortho nitro benzene ring substituents is 1. The van der Waals surface area contributed by atoms with Crippen LogP contribution in [0, 0.1) is 15.9 Å². The highest BCUT2D eigenvalue weighted by molar-refractivity contribution is 5.94. The fraction of sp³-hybridized carbons (Fsp3) is 0.238. The Balaban J connectivity index is 1.49. The summed E-state index contributed by atoms with van der Waals surface area (Å²) in [5.74, 6) is -0.754. The molecular formula is C21H19FN4O4. The van der Waals surface area contributed by atoms with E-state index in [1.54, 1.807) is 16.8 Å². The Morgan fingerprint density at radius 2 is 1.90 bits per heavy atom. The largest absolute Gasteiger partial charge is 0.387 e. The minimum absolute atomic E-state index is 0.0607. The number of nitrogens with one attached hydrogen (secondary N) is 1. The topological polar surface area (TPSA) is 110 Å². The van der Waals surface area contributed by atoms with E-state index < -0.39 is 16.9 Å². The number of carbonyl (C=O) groups excluding carboxylic acids is 1. The summed E-state index contributed by atoms with van der Waals surface area (Å²) in [6, 6.07) is 11.4. The fourth-order valence-electron chi connectivity index (χ4n) is 3.62. The summed E-state index contributed by atoms with van der Waals surface area (Å²) in [7, 11) is 0. The van der Waals surface area contributed by atoms with Crippen molar-refractivity contribution in [3.8, 4) is 5.69 Å². The first kappa shape index (κ1) is 19.7. The summed E-state index contributed by atoms with van der Waals surface area (Å²) in [6.45, 7) is -0.0607. The number of aliphatic hydroxyl groups excluding tert-OH is 1. The predicted molar refractivity (Wildman–Crippen MR) is 106 cm³/mol. The van der Waals surface area contributed by atoms with Gasteiger partial charge in [0.15, 0.2) is 5.69 Å². The zero-order valence-corrected chi connectivity index (χ0v) is 15.9. The number of carbonyl (C=O) groups is 1. The van der Waals surface area contributed by atoms with Gasteiger partial charge in [-0.15, -0.1) is 0 Å². The summed E-state index contributed by atoms with van der Waals surface area (Å²) in [6.07, 6.45) is 1.39. The van der Waals surface area contributed by atoms with E-state index >= 15 is 0 Å². The average molecular weight is 410 g/mol. The molecule has 1 aliphatic carbocycles. The Hall–Kier alpha value is -3.59. The van der Waals surface area contributed by atoms with Crippen molar-refractivity contribution in [3.05, 3.63) is 87.0 Å². The molecule has 9 heteroatoms. The Kier molecular flexibility index (Phi) is 5.28. The SMILES string of the molecule is O=C(NC[C@H](O)c1ccc([N+](=O)[O-])cc1)c1nn(-c2ccc(F)cc2)c2c1CCC2. The van der Waals surface area contributed by atoms with E-state index in [1.807, 2.05) is 0 Å². The van der Waals surface area contributed by atoms with Crippen LogP contribution in [0.25, 0.3) is 5.69 Å². The third-order valence-electron chi connectivity index (χ3n) is 5.16. The van der Waals surface area contributed by atoms with Crippen molar-refractivity contribution >= 4 is 11.6 Å². The first-order valence-electron chi connectivity index (χ1n) is 9.51. The van der Waals surface area contributed by atoms with Crippen molar-refractivity contribution in [2.45, 2.75) is 25.4 Å². The summed E-state index contributed by atoms with van der Waals surface area (Å²) in [4.78, 5) is 22.9. The molecule has 2 aromatic carbocycles. The molecule has 3 aromatic rings. The molecule has 0 fully saturated rings. The van der Waals surface area contributed by atoms with Gasteiger partial charge in [-0.05, 0) is 61.2 Å². The third-order valence-corrected chi connectivity index (χ3v) is 5.16. The number of amides is 1. The van der Waals surface area contributed by atoms with Gasteiger partial charge in [0.25, 0.3) is 11.6 Å². The smallest absolute Gasteiger partial charge is 0.272 e. The molecule has 0 radical (unpaired) electrons. The van der Waals surface area contributed by atoms with Gasteiger partial charge < -0.3 is 10.4 Å². The van der Waals surface area contributed by atoms with Crippen LogP contribution in [0.5, 0.6) is 0 Å². The molecule has 1 aliphatic rings. The van der Waals surface area contributed by atoms with E-state index in [-0.39, 0.29) is 18.0 Å². The lowest BCUT2D eigenvalue weighted by atomic mass is 10.1. The molecular weight excluding hydrogens is 391 g/mol. The lowest BCUT2D eigenvalue weighted by Gasteiger charge is -2.12. The molecule has 0 aliphatic heterocycles. The molecule has 0 saturated heterocycles. The number of nitrogens with zero attached hydrogens (tertiary/aromatic N) is 3. The Labute approximate surface area is 171 Å². The quantitative estimate of drug-likeness (QED) is 0.480. The highest BCUT2D eigenvalue weighted by Crippen LogP contribution is 2.28. The maximum atomic E-state index is 13.2. The normalized spacial score (nSPS) is 13.7. The first-order chi connectivity index (χ1) is 14.4. The lowest BCUT2D eigenvalue weighted by molar-refractivity contribution is -0.384. The zero-order valence-electron chi connectivity index (χ0n) is 15.9. The van der Waals surface area contributed by atoms with Gasteiger partial charge in [-0.1, -0.05) is 0 Å². The second-order valence-corrected chi connectivity index (χ2v) is 7.09. The second kappa shape index (κ2) is 8.03. The number of nitro groups is 1. The molecule has 8 nitrogen and oxygen atoms in total. The van der Waals surface area contributed by atoms with Crippen molar-refractivity contribution in [1.82, 2.24) is 15.1 Å². The van der Waals surface area contributed by atoms with Crippen molar-refractivity contribution < 1.29 is 19.2 Å². The molecule has 0 saturated carbocycles. The second-order valence-electron chi connectivity index (χ2n) is 7.09. The van der Waals surface area contributed by atoms with Crippen molar-refractivity contribution in [3.63, 3.8) is 0 Å². The van der Waals surface area contributed by atoms with Crippen LogP contribution in [-0.2, 0) is 12.8 Å². The van der Waals surface area contributed by atoms with Crippen LogP contribution < -0.4 is 5.32 Å². The lowest BCUT2D eigenvalue weighted by Crippen LogP contribution is -2.29. The molecule has 0 unspecified atom stereocenters. The van der Waals surface area contributed by atoms with Crippen LogP contribution in [0.15, 0.2) is 48.5 Å². The first-order valence-corrected chi connectivity index (χ1v) is 9.51. The van der Waals surface area contributed by atoms with Crippen LogP contribution in [0.3, 0.4) is 0 Å². The van der Waals surface area contributed by atoms with Crippen molar-refractivity contribution in [2.24, 2.45) is 0 Å². The van der Waals surface area contributed by atoms with Crippen LogP contribution in [0.1, 0.15) is 39.8 Å². The average Bonchev–Trinajstić information content (AvgIpc) is 3.35. The van der Waals surface area contributed by atoms with Crippen molar-refractivity contribution in [2.75, 3.05) is 6.54 Å². The van der Waals surface area contributed by atoms with E-state index in [0.29, 0.717) is 16.9 Å². The number of fused-ring (bicyclic) bond motifs is 1. The monoisotopic (exact) mass is 410 g/mol. The molecule has 2 N–H and O–H groups in total. The summed E-state index contributed by atoms with van der Waals surface area (Å²) in [5, 5.41) is 28.1. The van der Waals surface area contributed by atoms with Crippen molar-refractivity contribution in [1.29, 1.82) is 0 Å². The number of aliphatic hydroxyl groups is 1.